The van der Waals surface area contributed by atoms with Crippen molar-refractivity contribution >= 4 is 23.5 Å². The first kappa shape index (κ1) is 20.0. The van der Waals surface area contributed by atoms with Crippen LogP contribution in [0, 0.1) is 0 Å². The second-order valence-corrected chi connectivity index (χ2v) is 7.99. The normalized spacial score (nSPS) is 20.5. The molecule has 3 atom stereocenters. The first-order valence-electron chi connectivity index (χ1n) is 11.1. The maximum atomic E-state index is 2.50. The van der Waals surface area contributed by atoms with Gasteiger partial charge in [-0.2, -0.15) is 0 Å². The molecule has 5 rings (SSSR count). The SMILES string of the molecule is C(=C\[C@@H]1N(c2ccccc2)[C@H](/C=C/c2ccccc2)[NH+]1c1ccccc1)/c1ccccc1. The molecule has 1 saturated heterocycles. The van der Waals surface area contributed by atoms with Crippen LogP contribution in [0.15, 0.2) is 133 Å². The summed E-state index contributed by atoms with van der Waals surface area (Å²) >= 11 is 0. The Morgan fingerprint density at radius 3 is 1.38 bits per heavy atom. The van der Waals surface area contributed by atoms with Crippen molar-refractivity contribution in [2.24, 2.45) is 0 Å². The van der Waals surface area contributed by atoms with Gasteiger partial charge in [0.15, 0.2) is 12.3 Å². The Labute approximate surface area is 190 Å². The molecule has 2 nitrogen and oxygen atoms in total. The molecule has 1 aliphatic heterocycles. The van der Waals surface area contributed by atoms with E-state index in [1.54, 1.807) is 0 Å². The molecular formula is C30H27N2+. The first-order valence-corrected chi connectivity index (χ1v) is 11.1. The summed E-state index contributed by atoms with van der Waals surface area (Å²) in [6, 6.07) is 42.6. The highest BCUT2D eigenvalue weighted by Gasteiger charge is 2.49. The molecule has 1 unspecified atom stereocenters. The van der Waals surface area contributed by atoms with E-state index in [1.165, 1.54) is 27.4 Å². The molecule has 0 saturated carbocycles. The topological polar surface area (TPSA) is 7.68 Å². The lowest BCUT2D eigenvalue weighted by Crippen LogP contribution is -3.27. The van der Waals surface area contributed by atoms with Crippen LogP contribution >= 0.6 is 0 Å². The number of rotatable bonds is 6. The van der Waals surface area contributed by atoms with Crippen LogP contribution in [0.25, 0.3) is 12.2 Å². The van der Waals surface area contributed by atoms with Crippen LogP contribution in [0.2, 0.25) is 0 Å². The molecule has 1 fully saturated rings. The van der Waals surface area contributed by atoms with Crippen LogP contribution in [0.5, 0.6) is 0 Å². The van der Waals surface area contributed by atoms with Crippen molar-refractivity contribution < 1.29 is 4.90 Å². The van der Waals surface area contributed by atoms with Crippen molar-refractivity contribution in [3.05, 3.63) is 145 Å². The summed E-state index contributed by atoms with van der Waals surface area (Å²) in [4.78, 5) is 3.93. The fourth-order valence-electron chi connectivity index (χ4n) is 4.38. The summed E-state index contributed by atoms with van der Waals surface area (Å²) in [6.07, 6.45) is 9.53. The van der Waals surface area contributed by atoms with Gasteiger partial charge in [-0.1, -0.05) is 109 Å². The number of nitrogens with zero attached hydrogens (tertiary/aromatic N) is 1. The minimum Gasteiger partial charge on any atom is -0.265 e. The van der Waals surface area contributed by atoms with Gasteiger partial charge in [0.05, 0.1) is 0 Å². The van der Waals surface area contributed by atoms with Crippen molar-refractivity contribution in [2.75, 3.05) is 4.90 Å². The van der Waals surface area contributed by atoms with Crippen molar-refractivity contribution in [2.45, 2.75) is 12.3 Å². The lowest BCUT2D eigenvalue weighted by atomic mass is 10.0. The number of hydrogen-bond donors (Lipinski definition) is 1. The van der Waals surface area contributed by atoms with Crippen LogP contribution in [0.4, 0.5) is 11.4 Å². The predicted molar refractivity (Wildman–Crippen MR) is 135 cm³/mol. The zero-order valence-electron chi connectivity index (χ0n) is 18.0. The molecule has 0 aliphatic carbocycles. The number of benzene rings is 4. The molecule has 1 aliphatic rings. The second kappa shape index (κ2) is 9.51. The van der Waals surface area contributed by atoms with Crippen molar-refractivity contribution in [1.82, 2.24) is 0 Å². The van der Waals surface area contributed by atoms with E-state index in [0.717, 1.165) is 0 Å². The summed E-state index contributed by atoms with van der Waals surface area (Å²) in [5.74, 6) is 0. The minimum absolute atomic E-state index is 0.199. The second-order valence-electron chi connectivity index (χ2n) is 7.99. The summed E-state index contributed by atoms with van der Waals surface area (Å²) in [5, 5.41) is 0. The van der Waals surface area contributed by atoms with Gasteiger partial charge >= 0.3 is 0 Å². The van der Waals surface area contributed by atoms with Crippen molar-refractivity contribution in [3.63, 3.8) is 0 Å². The Kier molecular flexibility index (Phi) is 5.95. The Morgan fingerprint density at radius 1 is 0.500 bits per heavy atom. The fourth-order valence-corrected chi connectivity index (χ4v) is 4.38. The smallest absolute Gasteiger partial charge is 0.194 e. The largest absolute Gasteiger partial charge is 0.265 e. The lowest BCUT2D eigenvalue weighted by Gasteiger charge is -2.52. The van der Waals surface area contributed by atoms with E-state index < -0.39 is 0 Å². The first-order chi connectivity index (χ1) is 15.9. The number of nitrogens with one attached hydrogen (secondary N) is 1. The molecule has 0 radical (unpaired) electrons. The van der Waals surface area contributed by atoms with Gasteiger partial charge in [0.1, 0.15) is 5.69 Å². The van der Waals surface area contributed by atoms with E-state index in [0.29, 0.717) is 0 Å². The van der Waals surface area contributed by atoms with Crippen molar-refractivity contribution in [3.8, 4) is 0 Å². The standard InChI is InChI=1S/C30H26N2/c1-5-13-25(14-6-1)21-23-29-31(27-17-9-3-10-18-27)30(24-22-26-15-7-2-8-16-26)32(29)28-19-11-4-12-20-28/h1-24,29-30H/p+1/b23-21+,24-22+/t29-,30+. The Morgan fingerprint density at radius 2 is 0.906 bits per heavy atom. The molecule has 4 aromatic carbocycles. The monoisotopic (exact) mass is 415 g/mol. The van der Waals surface area contributed by atoms with Gasteiger partial charge < -0.3 is 0 Å². The molecule has 156 valence electrons. The fraction of sp³-hybridized carbons (Fsp3) is 0.0667. The number of anilines is 1. The highest BCUT2D eigenvalue weighted by atomic mass is 15.6. The van der Waals surface area contributed by atoms with Gasteiger partial charge in [0, 0.05) is 5.69 Å². The molecule has 1 N–H and O–H groups in total. The van der Waals surface area contributed by atoms with Crippen LogP contribution in [-0.4, -0.2) is 12.3 Å². The van der Waals surface area contributed by atoms with Gasteiger partial charge in [0.25, 0.3) is 0 Å². The van der Waals surface area contributed by atoms with E-state index >= 15 is 0 Å². The van der Waals surface area contributed by atoms with Gasteiger partial charge in [-0.05, 0) is 47.5 Å². The third-order valence-corrected chi connectivity index (χ3v) is 5.94. The maximum absolute atomic E-state index is 2.50. The Bertz CT molecular complexity index is 1060. The average molecular weight is 416 g/mol. The molecule has 4 aromatic rings. The highest BCUT2D eigenvalue weighted by molar-refractivity contribution is 5.58. The zero-order chi connectivity index (χ0) is 21.6. The molecule has 0 amide bonds. The number of para-hydroxylation sites is 2. The third kappa shape index (κ3) is 4.27. The lowest BCUT2D eigenvalue weighted by molar-refractivity contribution is -0.916. The van der Waals surface area contributed by atoms with E-state index in [2.05, 4.69) is 151 Å². The summed E-state index contributed by atoms with van der Waals surface area (Å²) in [7, 11) is 0. The van der Waals surface area contributed by atoms with Gasteiger partial charge in [-0.3, -0.25) is 9.80 Å². The van der Waals surface area contributed by atoms with E-state index in [-0.39, 0.29) is 12.3 Å². The zero-order valence-corrected chi connectivity index (χ0v) is 18.0. The molecule has 0 aromatic heterocycles. The molecule has 0 bridgehead atoms. The Hall–Kier alpha value is -3.88. The van der Waals surface area contributed by atoms with Crippen molar-refractivity contribution in [1.29, 1.82) is 0 Å². The summed E-state index contributed by atoms with van der Waals surface area (Å²) < 4.78 is 0. The Balaban J connectivity index is 1.54. The van der Waals surface area contributed by atoms with E-state index in [9.17, 15) is 0 Å². The molecule has 2 heteroatoms. The van der Waals surface area contributed by atoms with Crippen LogP contribution in [-0.2, 0) is 0 Å². The molecule has 1 heterocycles. The van der Waals surface area contributed by atoms with Gasteiger partial charge in [0.2, 0.25) is 0 Å². The third-order valence-electron chi connectivity index (χ3n) is 5.94. The predicted octanol–water partition coefficient (Wildman–Crippen LogP) is 5.80. The van der Waals surface area contributed by atoms with Crippen LogP contribution in [0.3, 0.4) is 0 Å². The maximum Gasteiger partial charge on any atom is 0.194 e. The quantitative estimate of drug-likeness (QED) is 0.418. The van der Waals surface area contributed by atoms with Gasteiger partial charge in [-0.25, -0.2) is 0 Å². The van der Waals surface area contributed by atoms with Crippen LogP contribution in [0.1, 0.15) is 11.1 Å². The molecular weight excluding hydrogens is 388 g/mol. The van der Waals surface area contributed by atoms with Gasteiger partial charge in [-0.15, -0.1) is 0 Å². The summed E-state index contributed by atoms with van der Waals surface area (Å²) in [6.45, 7) is 0. The average Bonchev–Trinajstić information content (AvgIpc) is 2.86. The van der Waals surface area contributed by atoms with E-state index in [4.69, 9.17) is 0 Å². The molecule has 32 heavy (non-hydrogen) atoms. The summed E-state index contributed by atoms with van der Waals surface area (Å²) in [5.41, 5.74) is 4.97. The van der Waals surface area contributed by atoms with E-state index in [1.807, 2.05) is 0 Å². The van der Waals surface area contributed by atoms with Crippen LogP contribution < -0.4 is 9.80 Å². The highest BCUT2D eigenvalue weighted by Crippen LogP contribution is 2.26. The minimum atomic E-state index is 0.199. The molecule has 0 spiro atoms. The number of hydrogen-bond acceptors (Lipinski definition) is 1. The number of quaternary nitrogens is 1.